The van der Waals surface area contributed by atoms with E-state index >= 15 is 0 Å². The number of aromatic nitrogens is 4. The van der Waals surface area contributed by atoms with Crippen molar-refractivity contribution < 1.29 is 9.26 Å². The Bertz CT molecular complexity index is 1120. The summed E-state index contributed by atoms with van der Waals surface area (Å²) >= 11 is 0. The van der Waals surface area contributed by atoms with Crippen LogP contribution in [0.15, 0.2) is 49.2 Å². The molecule has 3 aromatic rings. The molecule has 2 aromatic heterocycles. The van der Waals surface area contributed by atoms with Gasteiger partial charge in [-0.05, 0) is 31.2 Å². The molecule has 0 unspecified atom stereocenters. The van der Waals surface area contributed by atoms with Crippen LogP contribution in [0, 0.1) is 6.92 Å². The smallest absolute Gasteiger partial charge is 0.447 e. The maximum Gasteiger partial charge on any atom is 0.447 e. The second-order valence-electron chi connectivity index (χ2n) is 5.97. The van der Waals surface area contributed by atoms with Crippen LogP contribution in [0.25, 0.3) is 5.69 Å². The molecule has 0 spiro atoms. The zero-order chi connectivity index (χ0) is 19.6. The molecule has 0 radical (unpaired) electrons. The van der Waals surface area contributed by atoms with Gasteiger partial charge in [0.25, 0.3) is 5.56 Å². The Morgan fingerprint density at radius 2 is 1.85 bits per heavy atom. The van der Waals surface area contributed by atoms with Crippen LogP contribution in [0.5, 0.6) is 5.75 Å². The highest BCUT2D eigenvalue weighted by molar-refractivity contribution is 5.36. The molecule has 0 aliphatic heterocycles. The fourth-order valence-corrected chi connectivity index (χ4v) is 2.77. The number of nitrogens with zero attached hydrogens (tertiary/aromatic N) is 4. The average molecular weight is 372 g/mol. The molecule has 0 aliphatic rings. The zero-order valence-corrected chi connectivity index (χ0v) is 15.3. The van der Waals surface area contributed by atoms with Gasteiger partial charge < -0.3 is 9.26 Å². The van der Waals surface area contributed by atoms with Gasteiger partial charge in [-0.3, -0.25) is 9.36 Å². The highest BCUT2D eigenvalue weighted by Crippen LogP contribution is 2.13. The highest BCUT2D eigenvalue weighted by Gasteiger charge is 2.11. The monoisotopic (exact) mass is 372 g/mol. The third kappa shape index (κ3) is 3.76. The van der Waals surface area contributed by atoms with E-state index in [2.05, 4.69) is 4.98 Å². The summed E-state index contributed by atoms with van der Waals surface area (Å²) in [7, 11) is 1.37. The zero-order valence-electron chi connectivity index (χ0n) is 15.3. The van der Waals surface area contributed by atoms with Crippen molar-refractivity contribution in [2.24, 2.45) is 7.05 Å². The second-order valence-corrected chi connectivity index (χ2v) is 5.97. The predicted octanol–water partition coefficient (Wildman–Crippen LogP) is 0.636. The Hall–Kier alpha value is -3.36. The lowest BCUT2D eigenvalue weighted by atomic mass is 10.3. The van der Waals surface area contributed by atoms with Crippen LogP contribution in [0.4, 0.5) is 0 Å². The molecule has 9 heteroatoms. The third-order valence-corrected chi connectivity index (χ3v) is 4.07. The summed E-state index contributed by atoms with van der Waals surface area (Å²) in [6.45, 7) is 4.39. The van der Waals surface area contributed by atoms with Crippen molar-refractivity contribution in [2.45, 2.75) is 26.8 Å². The molecule has 2 heterocycles. The first kappa shape index (κ1) is 18.4. The van der Waals surface area contributed by atoms with Crippen LogP contribution >= 0.6 is 0 Å². The van der Waals surface area contributed by atoms with E-state index in [9.17, 15) is 14.4 Å². The standard InChI is InChI=1S/C18H20N4O5/c1-4-15-19-12(2)11-16(23)21(15)9-10-26-14-7-5-13(6-8-14)22-17(24)20(3)27-18(22)25/h5-8,11H,4,9-10H2,1-3H3. The molecule has 9 nitrogen and oxygen atoms in total. The average Bonchev–Trinajstić information content (AvgIpc) is 2.89. The maximum atomic E-state index is 12.1. The van der Waals surface area contributed by atoms with Crippen LogP contribution in [0.1, 0.15) is 18.4 Å². The number of hydrogen-bond donors (Lipinski definition) is 0. The first-order valence-electron chi connectivity index (χ1n) is 8.50. The molecule has 0 atom stereocenters. The van der Waals surface area contributed by atoms with Crippen molar-refractivity contribution in [3.63, 3.8) is 0 Å². The number of ether oxygens (including phenoxy) is 1. The molecule has 0 saturated heterocycles. The fraction of sp³-hybridized carbons (Fsp3) is 0.333. The number of rotatable bonds is 6. The lowest BCUT2D eigenvalue weighted by Gasteiger charge is -2.12. The van der Waals surface area contributed by atoms with E-state index in [1.165, 1.54) is 13.1 Å². The molecule has 0 fully saturated rings. The number of hydrogen-bond acceptors (Lipinski definition) is 6. The molecule has 0 N–H and O–H groups in total. The normalized spacial score (nSPS) is 10.9. The summed E-state index contributed by atoms with van der Waals surface area (Å²) in [6, 6.07) is 7.96. The Balaban J connectivity index is 1.71. The predicted molar refractivity (Wildman–Crippen MR) is 97.7 cm³/mol. The van der Waals surface area contributed by atoms with Gasteiger partial charge in [-0.25, -0.2) is 14.6 Å². The summed E-state index contributed by atoms with van der Waals surface area (Å²) in [5.74, 6) is 0.516. The molecular weight excluding hydrogens is 352 g/mol. The molecule has 142 valence electrons. The van der Waals surface area contributed by atoms with Crippen LogP contribution < -0.4 is 21.7 Å². The van der Waals surface area contributed by atoms with E-state index in [4.69, 9.17) is 9.26 Å². The van der Waals surface area contributed by atoms with Crippen LogP contribution in [-0.2, 0) is 20.0 Å². The minimum absolute atomic E-state index is 0.103. The van der Waals surface area contributed by atoms with E-state index < -0.39 is 11.4 Å². The van der Waals surface area contributed by atoms with Crippen molar-refractivity contribution in [1.82, 2.24) is 18.9 Å². The lowest BCUT2D eigenvalue weighted by Crippen LogP contribution is -2.27. The molecule has 0 aliphatic carbocycles. The molecule has 0 amide bonds. The van der Waals surface area contributed by atoms with E-state index in [-0.39, 0.29) is 12.2 Å². The van der Waals surface area contributed by atoms with Gasteiger partial charge in [0.1, 0.15) is 18.2 Å². The second kappa shape index (κ2) is 7.48. The summed E-state index contributed by atoms with van der Waals surface area (Å²) in [4.78, 5) is 40.1. The summed E-state index contributed by atoms with van der Waals surface area (Å²) in [5, 5.41) is 0. The van der Waals surface area contributed by atoms with Gasteiger partial charge in [0, 0.05) is 18.2 Å². The van der Waals surface area contributed by atoms with E-state index in [0.29, 0.717) is 35.9 Å². The van der Waals surface area contributed by atoms with Gasteiger partial charge in [-0.15, -0.1) is 0 Å². The van der Waals surface area contributed by atoms with Crippen molar-refractivity contribution in [2.75, 3.05) is 6.61 Å². The molecule has 27 heavy (non-hydrogen) atoms. The van der Waals surface area contributed by atoms with E-state index in [1.54, 1.807) is 35.8 Å². The molecule has 0 bridgehead atoms. The van der Waals surface area contributed by atoms with E-state index in [0.717, 1.165) is 9.31 Å². The quantitative estimate of drug-likeness (QED) is 0.629. The van der Waals surface area contributed by atoms with Gasteiger partial charge in [-0.2, -0.15) is 9.31 Å². The van der Waals surface area contributed by atoms with Gasteiger partial charge in [0.05, 0.1) is 19.3 Å². The first-order valence-corrected chi connectivity index (χ1v) is 8.50. The molecular formula is C18H20N4O5. The van der Waals surface area contributed by atoms with E-state index in [1.807, 2.05) is 6.92 Å². The summed E-state index contributed by atoms with van der Waals surface area (Å²) in [6.07, 6.45) is 0.653. The number of benzene rings is 1. The fourth-order valence-electron chi connectivity index (χ4n) is 2.77. The lowest BCUT2D eigenvalue weighted by molar-refractivity contribution is 0.276. The van der Waals surface area contributed by atoms with Crippen molar-refractivity contribution in [3.8, 4) is 11.4 Å². The van der Waals surface area contributed by atoms with Crippen molar-refractivity contribution in [3.05, 3.63) is 73.2 Å². The number of aryl methyl sites for hydroxylation is 3. The molecule has 3 rings (SSSR count). The van der Waals surface area contributed by atoms with Gasteiger partial charge >= 0.3 is 11.4 Å². The summed E-state index contributed by atoms with van der Waals surface area (Å²) in [5.41, 5.74) is 0.416. The molecule has 1 aromatic carbocycles. The Labute approximate surface area is 154 Å². The topological polar surface area (TPSA) is 101 Å². The Kier molecular flexibility index (Phi) is 5.11. The van der Waals surface area contributed by atoms with Gasteiger partial charge in [0.2, 0.25) is 0 Å². The SMILES string of the molecule is CCc1nc(C)cc(=O)n1CCOc1ccc(-n2c(=O)on(C)c2=O)cc1. The van der Waals surface area contributed by atoms with Crippen molar-refractivity contribution >= 4 is 0 Å². The van der Waals surface area contributed by atoms with Crippen molar-refractivity contribution in [1.29, 1.82) is 0 Å². The van der Waals surface area contributed by atoms with Crippen LogP contribution in [0.2, 0.25) is 0 Å². The van der Waals surface area contributed by atoms with Gasteiger partial charge in [-0.1, -0.05) is 6.92 Å². The highest BCUT2D eigenvalue weighted by atomic mass is 16.5. The first-order chi connectivity index (χ1) is 12.9. The maximum absolute atomic E-state index is 12.1. The minimum Gasteiger partial charge on any atom is -0.492 e. The third-order valence-electron chi connectivity index (χ3n) is 4.07. The molecule has 0 saturated carbocycles. The Morgan fingerprint density at radius 1 is 1.15 bits per heavy atom. The largest absolute Gasteiger partial charge is 0.492 e. The van der Waals surface area contributed by atoms with Crippen LogP contribution in [-0.4, -0.2) is 25.5 Å². The summed E-state index contributed by atoms with van der Waals surface area (Å²) < 4.78 is 13.8. The Morgan fingerprint density at radius 3 is 2.44 bits per heavy atom. The minimum atomic E-state index is -0.755. The van der Waals surface area contributed by atoms with Gasteiger partial charge in [0.15, 0.2) is 0 Å². The van der Waals surface area contributed by atoms with Crippen LogP contribution in [0.3, 0.4) is 0 Å².